The number of amides is 3. The maximum atomic E-state index is 12.5. The molecule has 1 aliphatic heterocycles. The number of rotatable bonds is 8. The first kappa shape index (κ1) is 19.2. The second kappa shape index (κ2) is 10.0. The van der Waals surface area contributed by atoms with Gasteiger partial charge in [-0.3, -0.25) is 4.79 Å². The fraction of sp³-hybridized carbons (Fsp3) is 0.579. The fourth-order valence-corrected chi connectivity index (χ4v) is 2.92. The van der Waals surface area contributed by atoms with Gasteiger partial charge in [0.05, 0.1) is 6.10 Å². The van der Waals surface area contributed by atoms with Crippen molar-refractivity contribution in [1.82, 2.24) is 10.2 Å². The number of carbonyl (C=O) groups is 2. The summed E-state index contributed by atoms with van der Waals surface area (Å²) in [5, 5.41) is 5.59. The lowest BCUT2D eigenvalue weighted by Crippen LogP contribution is -2.35. The molecular weight excluding hydrogens is 318 g/mol. The molecule has 6 heteroatoms. The average molecular weight is 347 g/mol. The van der Waals surface area contributed by atoms with E-state index < -0.39 is 0 Å². The molecule has 1 aliphatic rings. The van der Waals surface area contributed by atoms with Crippen LogP contribution in [0.1, 0.15) is 49.9 Å². The second-order valence-corrected chi connectivity index (χ2v) is 6.34. The largest absolute Gasteiger partial charge is 0.376 e. The Balaban J connectivity index is 1.85. The van der Waals surface area contributed by atoms with Crippen molar-refractivity contribution in [3.05, 3.63) is 29.8 Å². The summed E-state index contributed by atoms with van der Waals surface area (Å²) < 4.78 is 5.47. The van der Waals surface area contributed by atoms with Crippen LogP contribution < -0.4 is 10.6 Å². The smallest absolute Gasteiger partial charge is 0.319 e. The molecule has 1 saturated heterocycles. The van der Waals surface area contributed by atoms with Gasteiger partial charge in [-0.1, -0.05) is 13.8 Å². The van der Waals surface area contributed by atoms with Gasteiger partial charge < -0.3 is 20.3 Å². The van der Waals surface area contributed by atoms with E-state index in [9.17, 15) is 9.59 Å². The predicted molar refractivity (Wildman–Crippen MR) is 98.9 cm³/mol. The Hall–Kier alpha value is -2.08. The zero-order valence-corrected chi connectivity index (χ0v) is 15.2. The Kier molecular flexibility index (Phi) is 7.73. The Morgan fingerprint density at radius 3 is 2.40 bits per heavy atom. The lowest BCUT2D eigenvalue weighted by Gasteiger charge is -2.21. The van der Waals surface area contributed by atoms with Crippen LogP contribution in [0.3, 0.4) is 0 Å². The van der Waals surface area contributed by atoms with Gasteiger partial charge in [0.2, 0.25) is 0 Å². The minimum absolute atomic E-state index is 0.0399. The highest BCUT2D eigenvalue weighted by Gasteiger charge is 2.16. The molecule has 2 rings (SSSR count). The van der Waals surface area contributed by atoms with Crippen molar-refractivity contribution in [2.75, 3.05) is 31.6 Å². The highest BCUT2D eigenvalue weighted by Crippen LogP contribution is 2.13. The lowest BCUT2D eigenvalue weighted by atomic mass is 10.1. The van der Waals surface area contributed by atoms with Gasteiger partial charge in [-0.15, -0.1) is 0 Å². The number of benzene rings is 1. The van der Waals surface area contributed by atoms with Gasteiger partial charge in [0.1, 0.15) is 0 Å². The summed E-state index contributed by atoms with van der Waals surface area (Å²) in [4.78, 5) is 26.3. The number of hydrogen-bond donors (Lipinski definition) is 2. The van der Waals surface area contributed by atoms with Crippen LogP contribution >= 0.6 is 0 Å². The predicted octanol–water partition coefficient (Wildman–Crippen LogP) is 3.25. The average Bonchev–Trinajstić information content (AvgIpc) is 3.13. The van der Waals surface area contributed by atoms with Crippen molar-refractivity contribution >= 4 is 17.6 Å². The first-order valence-corrected chi connectivity index (χ1v) is 9.19. The Bertz CT molecular complexity index is 548. The number of hydrogen-bond acceptors (Lipinski definition) is 3. The molecule has 0 spiro atoms. The van der Waals surface area contributed by atoms with Crippen LogP contribution in [0.4, 0.5) is 10.5 Å². The molecule has 6 nitrogen and oxygen atoms in total. The van der Waals surface area contributed by atoms with Crippen LogP contribution in [0.15, 0.2) is 24.3 Å². The summed E-state index contributed by atoms with van der Waals surface area (Å²) in [6, 6.07) is 6.78. The Labute approximate surface area is 149 Å². The van der Waals surface area contributed by atoms with Gasteiger partial charge in [-0.2, -0.15) is 0 Å². The van der Waals surface area contributed by atoms with Gasteiger partial charge in [0.15, 0.2) is 0 Å². The van der Waals surface area contributed by atoms with Crippen molar-refractivity contribution in [3.63, 3.8) is 0 Å². The Morgan fingerprint density at radius 1 is 1.16 bits per heavy atom. The van der Waals surface area contributed by atoms with E-state index in [0.717, 1.165) is 45.4 Å². The van der Waals surface area contributed by atoms with Crippen LogP contribution in [0.5, 0.6) is 0 Å². The third kappa shape index (κ3) is 6.05. The highest BCUT2D eigenvalue weighted by atomic mass is 16.5. The summed E-state index contributed by atoms with van der Waals surface area (Å²) in [5.74, 6) is 0.0399. The van der Waals surface area contributed by atoms with E-state index in [4.69, 9.17) is 4.74 Å². The SMILES string of the molecule is CCCN(CCC)C(=O)c1ccc(NC(=O)NCC2CCCO2)cc1. The molecular formula is C19H29N3O3. The van der Waals surface area contributed by atoms with E-state index in [1.807, 2.05) is 4.90 Å². The summed E-state index contributed by atoms with van der Waals surface area (Å²) in [7, 11) is 0. The van der Waals surface area contributed by atoms with Crippen molar-refractivity contribution in [1.29, 1.82) is 0 Å². The molecule has 0 radical (unpaired) electrons. The monoisotopic (exact) mass is 347 g/mol. The van der Waals surface area contributed by atoms with Crippen molar-refractivity contribution in [2.45, 2.75) is 45.6 Å². The summed E-state index contributed by atoms with van der Waals surface area (Å²) in [6.45, 7) is 6.95. The Morgan fingerprint density at radius 2 is 1.84 bits per heavy atom. The van der Waals surface area contributed by atoms with E-state index in [-0.39, 0.29) is 18.0 Å². The number of urea groups is 1. The molecule has 25 heavy (non-hydrogen) atoms. The van der Waals surface area contributed by atoms with Gasteiger partial charge in [-0.25, -0.2) is 4.79 Å². The normalized spacial score (nSPS) is 16.5. The van der Waals surface area contributed by atoms with Crippen molar-refractivity contribution < 1.29 is 14.3 Å². The zero-order valence-electron chi connectivity index (χ0n) is 15.2. The maximum Gasteiger partial charge on any atom is 0.319 e. The molecule has 138 valence electrons. The van der Waals surface area contributed by atoms with E-state index >= 15 is 0 Å². The highest BCUT2D eigenvalue weighted by molar-refractivity contribution is 5.95. The molecule has 3 amide bonds. The first-order chi connectivity index (χ1) is 12.1. The van der Waals surface area contributed by atoms with E-state index in [1.165, 1.54) is 0 Å². The second-order valence-electron chi connectivity index (χ2n) is 6.34. The summed E-state index contributed by atoms with van der Waals surface area (Å²) >= 11 is 0. The molecule has 1 aromatic carbocycles. The molecule has 0 aliphatic carbocycles. The number of ether oxygens (including phenoxy) is 1. The van der Waals surface area contributed by atoms with Gasteiger partial charge in [0.25, 0.3) is 5.91 Å². The summed E-state index contributed by atoms with van der Waals surface area (Å²) in [6.07, 6.45) is 4.04. The molecule has 1 heterocycles. The molecule has 1 aromatic rings. The third-order valence-electron chi connectivity index (χ3n) is 4.18. The molecule has 0 bridgehead atoms. The van der Waals surface area contributed by atoms with E-state index in [1.54, 1.807) is 24.3 Å². The standard InChI is InChI=1S/C19H29N3O3/c1-3-11-22(12-4-2)18(23)15-7-9-16(10-8-15)21-19(24)20-14-17-6-5-13-25-17/h7-10,17H,3-6,11-14H2,1-2H3,(H2,20,21,24). The van der Waals surface area contributed by atoms with Gasteiger partial charge in [0, 0.05) is 37.5 Å². The zero-order chi connectivity index (χ0) is 18.1. The fourth-order valence-electron chi connectivity index (χ4n) is 2.92. The molecule has 1 atom stereocenters. The van der Waals surface area contributed by atoms with Crippen molar-refractivity contribution in [3.8, 4) is 0 Å². The van der Waals surface area contributed by atoms with Crippen molar-refractivity contribution in [2.24, 2.45) is 0 Å². The van der Waals surface area contributed by atoms with Gasteiger partial charge >= 0.3 is 6.03 Å². The molecule has 0 aromatic heterocycles. The number of nitrogens with one attached hydrogen (secondary N) is 2. The third-order valence-corrected chi connectivity index (χ3v) is 4.18. The first-order valence-electron chi connectivity index (χ1n) is 9.19. The number of nitrogens with zero attached hydrogens (tertiary/aromatic N) is 1. The van der Waals surface area contributed by atoms with Crippen LogP contribution in [-0.4, -0.2) is 49.2 Å². The lowest BCUT2D eigenvalue weighted by molar-refractivity contribution is 0.0755. The number of anilines is 1. The molecule has 1 fully saturated rings. The van der Waals surface area contributed by atoms with E-state index in [2.05, 4.69) is 24.5 Å². The molecule has 1 unspecified atom stereocenters. The minimum atomic E-state index is -0.256. The quantitative estimate of drug-likeness (QED) is 0.758. The van der Waals surface area contributed by atoms with E-state index in [0.29, 0.717) is 17.8 Å². The number of carbonyl (C=O) groups excluding carboxylic acids is 2. The van der Waals surface area contributed by atoms with Crippen LogP contribution in [0.25, 0.3) is 0 Å². The van der Waals surface area contributed by atoms with Crippen LogP contribution in [-0.2, 0) is 4.74 Å². The maximum absolute atomic E-state index is 12.5. The minimum Gasteiger partial charge on any atom is -0.376 e. The molecule has 0 saturated carbocycles. The summed E-state index contributed by atoms with van der Waals surface area (Å²) in [5.41, 5.74) is 1.31. The molecule has 2 N–H and O–H groups in total. The van der Waals surface area contributed by atoms with Gasteiger partial charge in [-0.05, 0) is 49.9 Å². The van der Waals surface area contributed by atoms with Crippen LogP contribution in [0, 0.1) is 0 Å². The topological polar surface area (TPSA) is 70.7 Å². The van der Waals surface area contributed by atoms with Crippen LogP contribution in [0.2, 0.25) is 0 Å².